The standard InChI is InChI=1S/C21H21BrN4O3/c22-15-1-2-16-17(7-15)21(4-5-21)12-26(19(16)28)10-18(27)25-20-23-8-14(9-24-20)13-3-6-29-11-13/h1-2,7-9,13H,3-6,10-12H2,(H,23,24,25,27). The van der Waals surface area contributed by atoms with Crippen LogP contribution in [0.2, 0.25) is 0 Å². The molecule has 2 amide bonds. The molecule has 3 aliphatic rings. The van der Waals surface area contributed by atoms with Crippen LogP contribution >= 0.6 is 15.9 Å². The van der Waals surface area contributed by atoms with E-state index in [4.69, 9.17) is 4.74 Å². The van der Waals surface area contributed by atoms with Gasteiger partial charge in [0.25, 0.3) is 5.91 Å². The maximum absolute atomic E-state index is 12.9. The molecule has 1 aliphatic carbocycles. The fourth-order valence-corrected chi connectivity index (χ4v) is 4.65. The van der Waals surface area contributed by atoms with Crippen molar-refractivity contribution in [2.24, 2.45) is 0 Å². The molecule has 2 aliphatic heterocycles. The Bertz CT molecular complexity index is 968. The number of nitrogens with zero attached hydrogens (tertiary/aromatic N) is 3. The summed E-state index contributed by atoms with van der Waals surface area (Å²) in [5.41, 5.74) is 2.81. The van der Waals surface area contributed by atoms with Crippen molar-refractivity contribution in [3.05, 3.63) is 51.8 Å². The number of nitrogens with one attached hydrogen (secondary N) is 1. The number of carbonyl (C=O) groups excluding carboxylic acids is 2. The van der Waals surface area contributed by atoms with Crippen molar-refractivity contribution >= 4 is 33.7 Å². The lowest BCUT2D eigenvalue weighted by Gasteiger charge is -2.34. The van der Waals surface area contributed by atoms with Gasteiger partial charge in [-0.1, -0.05) is 15.9 Å². The highest BCUT2D eigenvalue weighted by molar-refractivity contribution is 9.10. The first kappa shape index (κ1) is 18.7. The number of fused-ring (bicyclic) bond motifs is 2. The molecule has 150 valence electrons. The number of aromatic nitrogens is 2. The summed E-state index contributed by atoms with van der Waals surface area (Å²) < 4.78 is 6.37. The number of carbonyl (C=O) groups is 2. The van der Waals surface area contributed by atoms with Gasteiger partial charge in [0.15, 0.2) is 0 Å². The minimum atomic E-state index is -0.285. The van der Waals surface area contributed by atoms with Gasteiger partial charge in [0.2, 0.25) is 11.9 Å². The third kappa shape index (κ3) is 3.55. The lowest BCUT2D eigenvalue weighted by atomic mass is 9.86. The summed E-state index contributed by atoms with van der Waals surface area (Å²) in [4.78, 5) is 35.6. The van der Waals surface area contributed by atoms with E-state index in [1.807, 2.05) is 18.2 Å². The number of hydrogen-bond donors (Lipinski definition) is 1. The summed E-state index contributed by atoms with van der Waals surface area (Å²) in [5.74, 6) is 0.192. The van der Waals surface area contributed by atoms with E-state index in [0.717, 1.165) is 41.5 Å². The Morgan fingerprint density at radius 1 is 1.31 bits per heavy atom. The smallest absolute Gasteiger partial charge is 0.254 e. The molecule has 0 bridgehead atoms. The molecular formula is C21H21BrN4O3. The molecule has 0 radical (unpaired) electrons. The van der Waals surface area contributed by atoms with Gasteiger partial charge in [0, 0.05) is 46.9 Å². The minimum absolute atomic E-state index is 0.00232. The molecule has 5 rings (SSSR count). The molecule has 2 fully saturated rings. The van der Waals surface area contributed by atoms with Gasteiger partial charge in [0.05, 0.1) is 6.61 Å². The normalized spacial score (nSPS) is 21.9. The summed E-state index contributed by atoms with van der Waals surface area (Å²) in [6.45, 7) is 2.02. The second-order valence-corrected chi connectivity index (χ2v) is 9.00. The van der Waals surface area contributed by atoms with Crippen LogP contribution in [0.25, 0.3) is 0 Å². The van der Waals surface area contributed by atoms with Crippen LogP contribution in [0.5, 0.6) is 0 Å². The first-order chi connectivity index (χ1) is 14.0. The third-order valence-electron chi connectivity index (χ3n) is 6.08. The van der Waals surface area contributed by atoms with E-state index in [1.54, 1.807) is 17.3 Å². The van der Waals surface area contributed by atoms with Crippen molar-refractivity contribution in [1.29, 1.82) is 0 Å². The average molecular weight is 457 g/mol. The Morgan fingerprint density at radius 2 is 2.10 bits per heavy atom. The lowest BCUT2D eigenvalue weighted by molar-refractivity contribution is -0.117. The first-order valence-corrected chi connectivity index (χ1v) is 10.6. The zero-order chi connectivity index (χ0) is 20.0. The highest BCUT2D eigenvalue weighted by atomic mass is 79.9. The molecule has 7 nitrogen and oxygen atoms in total. The van der Waals surface area contributed by atoms with Gasteiger partial charge in [-0.2, -0.15) is 0 Å². The number of rotatable bonds is 4. The van der Waals surface area contributed by atoms with Gasteiger partial charge in [-0.05, 0) is 48.6 Å². The van der Waals surface area contributed by atoms with Gasteiger partial charge < -0.3 is 9.64 Å². The van der Waals surface area contributed by atoms with Crippen LogP contribution in [0, 0.1) is 0 Å². The molecule has 1 unspecified atom stereocenters. The van der Waals surface area contributed by atoms with Gasteiger partial charge in [-0.25, -0.2) is 9.97 Å². The van der Waals surface area contributed by atoms with Gasteiger partial charge in [0.1, 0.15) is 6.54 Å². The van der Waals surface area contributed by atoms with Crippen LogP contribution in [-0.4, -0.2) is 53.0 Å². The Kier molecular flexibility index (Phi) is 4.63. The van der Waals surface area contributed by atoms with Crippen molar-refractivity contribution in [3.63, 3.8) is 0 Å². The van der Waals surface area contributed by atoms with Crippen molar-refractivity contribution in [2.75, 3.05) is 31.6 Å². The summed E-state index contributed by atoms with van der Waals surface area (Å²) in [7, 11) is 0. The van der Waals surface area contributed by atoms with Crippen LogP contribution in [0.3, 0.4) is 0 Å². The molecule has 1 N–H and O–H groups in total. The van der Waals surface area contributed by atoms with Crippen molar-refractivity contribution in [3.8, 4) is 0 Å². The van der Waals surface area contributed by atoms with E-state index in [-0.39, 0.29) is 29.7 Å². The zero-order valence-corrected chi connectivity index (χ0v) is 17.4. The minimum Gasteiger partial charge on any atom is -0.381 e. The van der Waals surface area contributed by atoms with E-state index < -0.39 is 0 Å². The van der Waals surface area contributed by atoms with Crippen molar-refractivity contribution in [2.45, 2.75) is 30.6 Å². The second kappa shape index (κ2) is 7.18. The lowest BCUT2D eigenvalue weighted by Crippen LogP contribution is -2.46. The van der Waals surface area contributed by atoms with Crippen LogP contribution in [-0.2, 0) is 14.9 Å². The fourth-order valence-electron chi connectivity index (χ4n) is 4.29. The molecule has 1 atom stereocenters. The number of halogens is 1. The Balaban J connectivity index is 1.26. The summed E-state index contributed by atoms with van der Waals surface area (Å²) in [6.07, 6.45) is 6.52. The predicted octanol–water partition coefficient (Wildman–Crippen LogP) is 2.87. The third-order valence-corrected chi connectivity index (χ3v) is 6.57. The number of ether oxygens (including phenoxy) is 1. The van der Waals surface area contributed by atoms with Crippen LogP contribution < -0.4 is 5.32 Å². The molecule has 29 heavy (non-hydrogen) atoms. The number of amides is 2. The number of hydrogen-bond acceptors (Lipinski definition) is 5. The molecule has 1 aromatic heterocycles. The molecule has 1 saturated carbocycles. The SMILES string of the molecule is O=C(CN1CC2(CC2)c2cc(Br)ccc2C1=O)Nc1ncc(C2CCOC2)cn1. The Morgan fingerprint density at radius 3 is 2.79 bits per heavy atom. The monoisotopic (exact) mass is 456 g/mol. The van der Waals surface area contributed by atoms with E-state index in [9.17, 15) is 9.59 Å². The van der Waals surface area contributed by atoms with E-state index in [0.29, 0.717) is 24.6 Å². The molecule has 3 heterocycles. The van der Waals surface area contributed by atoms with Crippen LogP contribution in [0.15, 0.2) is 35.1 Å². The quantitative estimate of drug-likeness (QED) is 0.764. The van der Waals surface area contributed by atoms with Gasteiger partial charge in [-0.3, -0.25) is 14.9 Å². The molecular weight excluding hydrogens is 436 g/mol. The maximum atomic E-state index is 12.9. The summed E-state index contributed by atoms with van der Waals surface area (Å²) >= 11 is 3.50. The van der Waals surface area contributed by atoms with Crippen molar-refractivity contribution in [1.82, 2.24) is 14.9 Å². The number of anilines is 1. The highest BCUT2D eigenvalue weighted by Gasteiger charge is 2.51. The largest absolute Gasteiger partial charge is 0.381 e. The molecule has 1 spiro atoms. The Labute approximate surface area is 177 Å². The molecule has 1 saturated heterocycles. The maximum Gasteiger partial charge on any atom is 0.254 e. The Hall–Kier alpha value is -2.32. The molecule has 2 aromatic rings. The molecule has 1 aromatic carbocycles. The zero-order valence-electron chi connectivity index (χ0n) is 15.9. The van der Waals surface area contributed by atoms with Crippen LogP contribution in [0.4, 0.5) is 5.95 Å². The van der Waals surface area contributed by atoms with E-state index in [1.165, 1.54) is 0 Å². The van der Waals surface area contributed by atoms with Crippen molar-refractivity contribution < 1.29 is 14.3 Å². The summed E-state index contributed by atoms with van der Waals surface area (Å²) in [6, 6.07) is 5.77. The fraction of sp³-hybridized carbons (Fsp3) is 0.429. The van der Waals surface area contributed by atoms with E-state index >= 15 is 0 Å². The molecule has 8 heteroatoms. The average Bonchev–Trinajstić information content (AvgIpc) is 3.27. The predicted molar refractivity (Wildman–Crippen MR) is 110 cm³/mol. The number of benzene rings is 1. The van der Waals surface area contributed by atoms with E-state index in [2.05, 4.69) is 31.2 Å². The summed E-state index contributed by atoms with van der Waals surface area (Å²) in [5, 5.41) is 2.71. The van der Waals surface area contributed by atoms with Crippen LogP contribution in [0.1, 0.15) is 46.7 Å². The first-order valence-electron chi connectivity index (χ1n) is 9.83. The van der Waals surface area contributed by atoms with Gasteiger partial charge in [-0.15, -0.1) is 0 Å². The second-order valence-electron chi connectivity index (χ2n) is 8.08. The van der Waals surface area contributed by atoms with Gasteiger partial charge >= 0.3 is 0 Å². The highest BCUT2D eigenvalue weighted by Crippen LogP contribution is 2.52. The topological polar surface area (TPSA) is 84.4 Å².